The lowest BCUT2D eigenvalue weighted by molar-refractivity contribution is 0.717. The van der Waals surface area contributed by atoms with Gasteiger partial charge in [-0.3, -0.25) is 0 Å². The zero-order valence-corrected chi connectivity index (χ0v) is 7.50. The minimum Gasteiger partial charge on any atom is -0.0887 e. The lowest BCUT2D eigenvalue weighted by Gasteiger charge is -1.99. The summed E-state index contributed by atoms with van der Waals surface area (Å²) in [5.74, 6) is 0. The molecule has 0 heterocycles. The third kappa shape index (κ3) is 3.61. The Morgan fingerprint density at radius 2 is 1.67 bits per heavy atom. The number of hydrogen-bond donors (Lipinski definition) is 0. The van der Waals surface area contributed by atoms with Crippen LogP contribution in [0.3, 0.4) is 0 Å². The van der Waals surface area contributed by atoms with E-state index in [1.165, 1.54) is 24.8 Å². The van der Waals surface area contributed by atoms with Gasteiger partial charge in [0.2, 0.25) is 0 Å². The maximum Gasteiger partial charge on any atom is 0.0653 e. The Balaban J connectivity index is 2.16. The lowest BCUT2D eigenvalue weighted by Crippen LogP contribution is -1.84. The van der Waals surface area contributed by atoms with E-state index in [-0.39, 0.29) is 0 Å². The third-order valence-corrected chi connectivity index (χ3v) is 2.01. The first kappa shape index (κ1) is 9.37. The van der Waals surface area contributed by atoms with Crippen molar-refractivity contribution in [3.8, 4) is 0 Å². The zero-order chi connectivity index (χ0) is 8.65. The minimum absolute atomic E-state index is 0.828. The number of unbranched alkanes of at least 4 members (excludes halogenated alkanes) is 2. The highest BCUT2D eigenvalue weighted by molar-refractivity contribution is 6.08. The van der Waals surface area contributed by atoms with Gasteiger partial charge in [-0.05, 0) is 18.4 Å². The van der Waals surface area contributed by atoms with E-state index >= 15 is 0 Å². The van der Waals surface area contributed by atoms with Crippen LogP contribution in [-0.2, 0) is 6.42 Å². The molecular weight excluding hydrogens is 143 g/mol. The van der Waals surface area contributed by atoms with Crippen molar-refractivity contribution in [1.82, 2.24) is 0 Å². The van der Waals surface area contributed by atoms with Gasteiger partial charge < -0.3 is 0 Å². The fourth-order valence-electron chi connectivity index (χ4n) is 1.29. The molecule has 0 amide bonds. The molecule has 0 aromatic heterocycles. The molecule has 0 aliphatic heterocycles. The van der Waals surface area contributed by atoms with Crippen LogP contribution < -0.4 is 0 Å². The fraction of sp³-hybridized carbons (Fsp3) is 0.455. The van der Waals surface area contributed by atoms with E-state index in [1.54, 1.807) is 0 Å². The van der Waals surface area contributed by atoms with Gasteiger partial charge in [0.25, 0.3) is 0 Å². The Hall–Kier alpha value is -0.715. The molecule has 1 rings (SSSR count). The molecule has 0 unspecified atom stereocenters. The van der Waals surface area contributed by atoms with Gasteiger partial charge in [0, 0.05) is 0 Å². The molecule has 0 saturated heterocycles. The topological polar surface area (TPSA) is 0 Å². The van der Waals surface area contributed by atoms with Crippen molar-refractivity contribution in [2.45, 2.75) is 32.0 Å². The van der Waals surface area contributed by atoms with E-state index in [0.29, 0.717) is 0 Å². The quantitative estimate of drug-likeness (QED) is 0.456. The summed E-state index contributed by atoms with van der Waals surface area (Å²) in [6.45, 7) is 0. The minimum atomic E-state index is 0.828. The molecule has 1 heteroatoms. The van der Waals surface area contributed by atoms with Crippen LogP contribution in [0.4, 0.5) is 0 Å². The number of hydrogen-bond acceptors (Lipinski definition) is 0. The van der Waals surface area contributed by atoms with E-state index in [2.05, 4.69) is 30.3 Å². The highest BCUT2D eigenvalue weighted by Crippen LogP contribution is 2.06. The van der Waals surface area contributed by atoms with Gasteiger partial charge in [-0.25, -0.2) is 0 Å². The van der Waals surface area contributed by atoms with E-state index in [4.69, 9.17) is 7.85 Å². The molecule has 0 saturated carbocycles. The summed E-state index contributed by atoms with van der Waals surface area (Å²) in [6.07, 6.45) is 5.70. The van der Waals surface area contributed by atoms with E-state index < -0.39 is 0 Å². The van der Waals surface area contributed by atoms with Crippen molar-refractivity contribution in [3.05, 3.63) is 35.9 Å². The normalized spacial score (nSPS) is 10.0. The number of benzene rings is 1. The van der Waals surface area contributed by atoms with Crippen LogP contribution in [-0.4, -0.2) is 7.85 Å². The second kappa shape index (κ2) is 5.88. The van der Waals surface area contributed by atoms with Crippen molar-refractivity contribution in [1.29, 1.82) is 0 Å². The van der Waals surface area contributed by atoms with Crippen molar-refractivity contribution in [2.75, 3.05) is 0 Å². The summed E-state index contributed by atoms with van der Waals surface area (Å²) < 4.78 is 0. The highest BCUT2D eigenvalue weighted by atomic mass is 14.0. The van der Waals surface area contributed by atoms with Gasteiger partial charge in [-0.1, -0.05) is 49.5 Å². The summed E-state index contributed by atoms with van der Waals surface area (Å²) in [5, 5.41) is 0. The Morgan fingerprint density at radius 3 is 2.33 bits per heavy atom. The first-order valence-corrected chi connectivity index (χ1v) is 4.67. The standard InChI is InChI=1S/C11H15B/c12-10-6-2-5-9-11-7-3-1-4-8-11/h1,3-4,7-8H,2,5-6,9-10H2. The second-order valence-electron chi connectivity index (χ2n) is 3.08. The van der Waals surface area contributed by atoms with E-state index in [1.807, 2.05) is 0 Å². The van der Waals surface area contributed by atoms with Gasteiger partial charge in [-0.2, -0.15) is 0 Å². The Kier molecular flexibility index (Phi) is 4.59. The van der Waals surface area contributed by atoms with E-state index in [0.717, 1.165) is 12.7 Å². The van der Waals surface area contributed by atoms with E-state index in [9.17, 15) is 0 Å². The van der Waals surface area contributed by atoms with Gasteiger partial charge in [0.15, 0.2) is 0 Å². The first-order chi connectivity index (χ1) is 5.93. The second-order valence-corrected chi connectivity index (χ2v) is 3.08. The fourth-order valence-corrected chi connectivity index (χ4v) is 1.29. The van der Waals surface area contributed by atoms with Crippen LogP contribution in [0.5, 0.6) is 0 Å². The van der Waals surface area contributed by atoms with Gasteiger partial charge in [0.1, 0.15) is 0 Å². The van der Waals surface area contributed by atoms with Crippen molar-refractivity contribution >= 4 is 7.85 Å². The molecular formula is C11H15B. The van der Waals surface area contributed by atoms with Crippen LogP contribution in [0.25, 0.3) is 0 Å². The van der Waals surface area contributed by atoms with Crippen LogP contribution in [0.15, 0.2) is 30.3 Å². The Labute approximate surface area is 76.4 Å². The van der Waals surface area contributed by atoms with Crippen molar-refractivity contribution < 1.29 is 0 Å². The summed E-state index contributed by atoms with van der Waals surface area (Å²) in [4.78, 5) is 0. The predicted octanol–water partition coefficient (Wildman–Crippen LogP) is 2.99. The number of aryl methyl sites for hydroxylation is 1. The third-order valence-electron chi connectivity index (χ3n) is 2.01. The molecule has 1 aromatic carbocycles. The first-order valence-electron chi connectivity index (χ1n) is 4.67. The highest BCUT2D eigenvalue weighted by Gasteiger charge is 1.90. The molecule has 0 spiro atoms. The van der Waals surface area contributed by atoms with Crippen LogP contribution in [0.2, 0.25) is 6.32 Å². The molecule has 0 N–H and O–H groups in total. The van der Waals surface area contributed by atoms with Crippen LogP contribution in [0, 0.1) is 0 Å². The summed E-state index contributed by atoms with van der Waals surface area (Å²) in [5.41, 5.74) is 1.44. The number of rotatable bonds is 5. The summed E-state index contributed by atoms with van der Waals surface area (Å²) in [7, 11) is 5.41. The molecule has 0 bridgehead atoms. The molecule has 62 valence electrons. The smallest absolute Gasteiger partial charge is 0.0653 e. The summed E-state index contributed by atoms with van der Waals surface area (Å²) >= 11 is 0. The SMILES string of the molecule is [B]CCCCCc1ccccc1. The Morgan fingerprint density at radius 1 is 0.917 bits per heavy atom. The van der Waals surface area contributed by atoms with Crippen LogP contribution >= 0.6 is 0 Å². The molecule has 2 radical (unpaired) electrons. The van der Waals surface area contributed by atoms with Gasteiger partial charge in [0.05, 0.1) is 7.85 Å². The molecule has 1 aromatic rings. The van der Waals surface area contributed by atoms with Gasteiger partial charge >= 0.3 is 0 Å². The molecule has 0 aliphatic rings. The van der Waals surface area contributed by atoms with Crippen molar-refractivity contribution in [3.63, 3.8) is 0 Å². The molecule has 0 fully saturated rings. The average Bonchev–Trinajstić information content (AvgIpc) is 2.14. The maximum atomic E-state index is 5.41. The zero-order valence-electron chi connectivity index (χ0n) is 7.50. The average molecular weight is 158 g/mol. The molecule has 0 aliphatic carbocycles. The monoisotopic (exact) mass is 158 g/mol. The lowest BCUT2D eigenvalue weighted by atomic mass is 9.98. The maximum absolute atomic E-state index is 5.41. The summed E-state index contributed by atoms with van der Waals surface area (Å²) in [6, 6.07) is 10.6. The molecule has 0 atom stereocenters. The largest absolute Gasteiger partial charge is 0.0887 e. The van der Waals surface area contributed by atoms with Crippen LogP contribution in [0.1, 0.15) is 24.8 Å². The molecule has 0 nitrogen and oxygen atoms in total. The predicted molar refractivity (Wildman–Crippen MR) is 54.6 cm³/mol. The molecule has 12 heavy (non-hydrogen) atoms. The van der Waals surface area contributed by atoms with Gasteiger partial charge in [-0.15, -0.1) is 0 Å². The Bertz CT molecular complexity index is 193. The van der Waals surface area contributed by atoms with Crippen molar-refractivity contribution in [2.24, 2.45) is 0 Å².